The minimum atomic E-state index is -0.0610. The van der Waals surface area contributed by atoms with Gasteiger partial charge in [-0.2, -0.15) is 0 Å². The van der Waals surface area contributed by atoms with Gasteiger partial charge in [-0.1, -0.05) is 36.4 Å². The quantitative estimate of drug-likeness (QED) is 0.596. The maximum Gasteiger partial charge on any atom is 0.227 e. The molecule has 0 atom stereocenters. The summed E-state index contributed by atoms with van der Waals surface area (Å²) in [4.78, 5) is 14.3. The van der Waals surface area contributed by atoms with Gasteiger partial charge in [0, 0.05) is 23.6 Å². The molecule has 0 aromatic heterocycles. The van der Waals surface area contributed by atoms with Crippen molar-refractivity contribution in [2.75, 3.05) is 23.4 Å². The number of ether oxygens (including phenoxy) is 1. The van der Waals surface area contributed by atoms with Crippen LogP contribution in [0, 0.1) is 0 Å². The zero-order valence-electron chi connectivity index (χ0n) is 15.5. The molecule has 4 nitrogen and oxygen atoms in total. The van der Waals surface area contributed by atoms with Gasteiger partial charge in [0.2, 0.25) is 5.91 Å². The second-order valence-electron chi connectivity index (χ2n) is 6.09. The molecule has 1 amide bonds. The van der Waals surface area contributed by atoms with E-state index in [2.05, 4.69) is 29.3 Å². The predicted octanol–water partition coefficient (Wildman–Crippen LogP) is 5.25. The fraction of sp³-hybridized carbons (Fsp3) is 0.174. The van der Waals surface area contributed by atoms with Crippen molar-refractivity contribution in [3.63, 3.8) is 0 Å². The zero-order chi connectivity index (χ0) is 18.9. The molecule has 0 unspecified atom stereocenters. The zero-order valence-corrected chi connectivity index (χ0v) is 15.5. The number of rotatable bonds is 8. The van der Waals surface area contributed by atoms with E-state index >= 15 is 0 Å². The van der Waals surface area contributed by atoms with Gasteiger partial charge in [-0.05, 0) is 55.5 Å². The molecule has 0 radical (unpaired) electrons. The Morgan fingerprint density at radius 2 is 1.44 bits per heavy atom. The van der Waals surface area contributed by atoms with Crippen LogP contribution in [-0.2, 0) is 4.79 Å². The van der Waals surface area contributed by atoms with E-state index in [1.165, 1.54) is 0 Å². The summed E-state index contributed by atoms with van der Waals surface area (Å²) in [6, 6.07) is 27.7. The number of benzene rings is 3. The highest BCUT2D eigenvalue weighted by Gasteiger charge is 2.08. The molecule has 0 aliphatic heterocycles. The molecular formula is C23H24N2O2. The van der Waals surface area contributed by atoms with Crippen LogP contribution >= 0.6 is 0 Å². The number of nitrogens with zero attached hydrogens (tertiary/aromatic N) is 1. The minimum absolute atomic E-state index is 0.0610. The summed E-state index contributed by atoms with van der Waals surface area (Å²) in [5.41, 5.74) is 3.02. The van der Waals surface area contributed by atoms with Gasteiger partial charge in [0.25, 0.3) is 0 Å². The topological polar surface area (TPSA) is 41.6 Å². The van der Waals surface area contributed by atoms with Crippen LogP contribution in [0.3, 0.4) is 0 Å². The van der Waals surface area contributed by atoms with E-state index < -0.39 is 0 Å². The molecule has 0 spiro atoms. The third kappa shape index (κ3) is 5.35. The van der Waals surface area contributed by atoms with Crippen molar-refractivity contribution >= 4 is 23.0 Å². The normalized spacial score (nSPS) is 10.3. The Morgan fingerprint density at radius 3 is 2.07 bits per heavy atom. The highest BCUT2D eigenvalue weighted by molar-refractivity contribution is 5.91. The van der Waals surface area contributed by atoms with Gasteiger partial charge in [0.05, 0.1) is 13.0 Å². The smallest absolute Gasteiger partial charge is 0.227 e. The Hall–Kier alpha value is -3.27. The number of hydrogen-bond donors (Lipinski definition) is 1. The number of carbonyl (C=O) groups excluding carboxylic acids is 1. The first-order chi connectivity index (χ1) is 13.3. The molecule has 3 aromatic rings. The van der Waals surface area contributed by atoms with Crippen molar-refractivity contribution < 1.29 is 9.53 Å². The van der Waals surface area contributed by atoms with E-state index in [4.69, 9.17) is 4.74 Å². The molecule has 138 valence electrons. The molecule has 3 rings (SSSR count). The van der Waals surface area contributed by atoms with Gasteiger partial charge >= 0.3 is 0 Å². The van der Waals surface area contributed by atoms with Crippen LogP contribution in [0.25, 0.3) is 0 Å². The summed E-state index contributed by atoms with van der Waals surface area (Å²) >= 11 is 0. The van der Waals surface area contributed by atoms with E-state index in [1.54, 1.807) is 0 Å². The summed E-state index contributed by atoms with van der Waals surface area (Å²) in [7, 11) is 0. The van der Waals surface area contributed by atoms with Crippen molar-refractivity contribution in [3.05, 3.63) is 84.9 Å². The van der Waals surface area contributed by atoms with Crippen molar-refractivity contribution in [1.29, 1.82) is 0 Å². The second-order valence-corrected chi connectivity index (χ2v) is 6.09. The lowest BCUT2D eigenvalue weighted by Crippen LogP contribution is -2.17. The highest BCUT2D eigenvalue weighted by atomic mass is 16.5. The molecular weight excluding hydrogens is 336 g/mol. The highest BCUT2D eigenvalue weighted by Crippen LogP contribution is 2.26. The van der Waals surface area contributed by atoms with Crippen LogP contribution in [0.2, 0.25) is 0 Å². The molecule has 3 aromatic carbocycles. The molecule has 0 heterocycles. The van der Waals surface area contributed by atoms with E-state index in [0.717, 1.165) is 29.4 Å². The maximum atomic E-state index is 12.1. The lowest BCUT2D eigenvalue weighted by Gasteiger charge is -2.23. The lowest BCUT2D eigenvalue weighted by atomic mass is 10.2. The Bertz CT molecular complexity index is 833. The van der Waals surface area contributed by atoms with Crippen LogP contribution < -0.4 is 15.0 Å². The van der Waals surface area contributed by atoms with Gasteiger partial charge < -0.3 is 15.0 Å². The molecule has 0 saturated heterocycles. The molecule has 0 saturated carbocycles. The van der Waals surface area contributed by atoms with Crippen LogP contribution in [0.5, 0.6) is 5.75 Å². The van der Waals surface area contributed by atoms with Crippen molar-refractivity contribution in [2.45, 2.75) is 13.3 Å². The Labute approximate surface area is 160 Å². The maximum absolute atomic E-state index is 12.1. The predicted molar refractivity (Wildman–Crippen MR) is 111 cm³/mol. The fourth-order valence-electron chi connectivity index (χ4n) is 2.85. The fourth-order valence-corrected chi connectivity index (χ4v) is 2.85. The van der Waals surface area contributed by atoms with Crippen molar-refractivity contribution in [2.24, 2.45) is 0 Å². The molecule has 1 N–H and O–H groups in total. The van der Waals surface area contributed by atoms with Crippen LogP contribution in [-0.4, -0.2) is 19.1 Å². The number of para-hydroxylation sites is 2. The molecule has 0 aliphatic rings. The van der Waals surface area contributed by atoms with Gasteiger partial charge in [-0.25, -0.2) is 0 Å². The summed E-state index contributed by atoms with van der Waals surface area (Å²) in [5, 5.41) is 2.91. The van der Waals surface area contributed by atoms with Crippen molar-refractivity contribution in [3.8, 4) is 5.75 Å². The summed E-state index contributed by atoms with van der Waals surface area (Å²) in [6.07, 6.45) is 0.307. The number of carbonyl (C=O) groups is 1. The first-order valence-electron chi connectivity index (χ1n) is 9.16. The third-order valence-electron chi connectivity index (χ3n) is 4.19. The largest absolute Gasteiger partial charge is 0.493 e. The Kier molecular flexibility index (Phi) is 6.47. The molecule has 4 heteroatoms. The van der Waals surface area contributed by atoms with Crippen LogP contribution in [0.15, 0.2) is 84.9 Å². The minimum Gasteiger partial charge on any atom is -0.493 e. The van der Waals surface area contributed by atoms with Gasteiger partial charge in [0.15, 0.2) is 0 Å². The average molecular weight is 360 g/mol. The van der Waals surface area contributed by atoms with E-state index in [9.17, 15) is 4.79 Å². The SMILES string of the molecule is CCN(c1ccccc1)c1ccc(NC(=O)CCOc2ccccc2)cc1. The molecule has 0 aliphatic carbocycles. The Balaban J connectivity index is 1.53. The first kappa shape index (κ1) is 18.5. The number of amides is 1. The van der Waals surface area contributed by atoms with Crippen LogP contribution in [0.4, 0.5) is 17.1 Å². The standard InChI is InChI=1S/C23H24N2O2/c1-2-25(20-9-5-3-6-10-20)21-15-13-19(14-16-21)24-23(26)17-18-27-22-11-7-4-8-12-22/h3-16H,2,17-18H2,1H3,(H,24,26). The van der Waals surface area contributed by atoms with Crippen molar-refractivity contribution in [1.82, 2.24) is 0 Å². The Morgan fingerprint density at radius 1 is 0.852 bits per heavy atom. The molecule has 0 bridgehead atoms. The number of nitrogens with one attached hydrogen (secondary N) is 1. The third-order valence-corrected chi connectivity index (χ3v) is 4.19. The van der Waals surface area contributed by atoms with Gasteiger partial charge in [-0.15, -0.1) is 0 Å². The van der Waals surface area contributed by atoms with Gasteiger partial charge in [-0.3, -0.25) is 4.79 Å². The average Bonchev–Trinajstić information content (AvgIpc) is 2.71. The van der Waals surface area contributed by atoms with E-state index in [-0.39, 0.29) is 5.91 Å². The molecule has 27 heavy (non-hydrogen) atoms. The first-order valence-corrected chi connectivity index (χ1v) is 9.16. The van der Waals surface area contributed by atoms with Crippen LogP contribution in [0.1, 0.15) is 13.3 Å². The van der Waals surface area contributed by atoms with E-state index in [0.29, 0.717) is 13.0 Å². The number of anilines is 3. The summed E-state index contributed by atoms with van der Waals surface area (Å²) in [5.74, 6) is 0.712. The molecule has 0 fully saturated rings. The monoisotopic (exact) mass is 360 g/mol. The second kappa shape index (κ2) is 9.43. The summed E-state index contributed by atoms with van der Waals surface area (Å²) < 4.78 is 5.56. The van der Waals surface area contributed by atoms with Gasteiger partial charge in [0.1, 0.15) is 5.75 Å². The lowest BCUT2D eigenvalue weighted by molar-refractivity contribution is -0.116. The number of hydrogen-bond acceptors (Lipinski definition) is 3. The van der Waals surface area contributed by atoms with E-state index in [1.807, 2.05) is 72.8 Å². The summed E-state index contributed by atoms with van der Waals surface area (Å²) in [6.45, 7) is 3.34.